The Morgan fingerprint density at radius 1 is 1.19 bits per heavy atom. The van der Waals surface area contributed by atoms with Crippen molar-refractivity contribution in [1.29, 1.82) is 0 Å². The van der Waals surface area contributed by atoms with Gasteiger partial charge in [0.25, 0.3) is 0 Å². The van der Waals surface area contributed by atoms with Crippen LogP contribution in [0.25, 0.3) is 11.4 Å². The second-order valence-electron chi connectivity index (χ2n) is 6.53. The van der Waals surface area contributed by atoms with Gasteiger partial charge in [-0.1, -0.05) is 35.0 Å². The molecule has 0 saturated carbocycles. The van der Waals surface area contributed by atoms with Gasteiger partial charge in [-0.25, -0.2) is 0 Å². The largest absolute Gasteiger partial charge is 0.338 e. The molecule has 1 aliphatic heterocycles. The van der Waals surface area contributed by atoms with Crippen molar-refractivity contribution in [1.82, 2.24) is 19.9 Å². The summed E-state index contributed by atoms with van der Waals surface area (Å²) in [7, 11) is 0. The minimum atomic E-state index is 0.319. The summed E-state index contributed by atoms with van der Waals surface area (Å²) < 4.78 is 5.42. The highest BCUT2D eigenvalue weighted by atomic mass is 35.5. The van der Waals surface area contributed by atoms with Crippen LogP contribution in [0.15, 0.2) is 45.6 Å². The summed E-state index contributed by atoms with van der Waals surface area (Å²) in [4.78, 5) is 9.35. The van der Waals surface area contributed by atoms with Gasteiger partial charge in [0, 0.05) is 48.2 Å². The Morgan fingerprint density at radius 2 is 2.00 bits per heavy atom. The van der Waals surface area contributed by atoms with Crippen LogP contribution < -0.4 is 0 Å². The van der Waals surface area contributed by atoms with E-state index >= 15 is 0 Å². The highest BCUT2D eigenvalue weighted by Gasteiger charge is 2.24. The van der Waals surface area contributed by atoms with Gasteiger partial charge in [-0.15, -0.1) is 0 Å². The van der Waals surface area contributed by atoms with E-state index < -0.39 is 0 Å². The van der Waals surface area contributed by atoms with Gasteiger partial charge >= 0.3 is 0 Å². The fourth-order valence-electron chi connectivity index (χ4n) is 3.34. The molecule has 1 saturated heterocycles. The molecule has 0 bridgehead atoms. The lowest BCUT2D eigenvalue weighted by Gasteiger charge is -2.37. The van der Waals surface area contributed by atoms with Crippen LogP contribution in [0.4, 0.5) is 0 Å². The fraction of sp³-hybridized carbons (Fsp3) is 0.368. The van der Waals surface area contributed by atoms with Crippen LogP contribution in [0.1, 0.15) is 24.4 Å². The van der Waals surface area contributed by atoms with Gasteiger partial charge in [0.15, 0.2) is 0 Å². The van der Waals surface area contributed by atoms with E-state index in [1.54, 1.807) is 11.3 Å². The molecule has 2 aromatic heterocycles. The number of piperazine rings is 1. The quantitative estimate of drug-likeness (QED) is 0.651. The third-order valence-electron chi connectivity index (χ3n) is 4.92. The first-order valence-electron chi connectivity index (χ1n) is 8.76. The first kappa shape index (κ1) is 17.7. The maximum Gasteiger partial charge on any atom is 0.241 e. The smallest absolute Gasteiger partial charge is 0.241 e. The third-order valence-corrected chi connectivity index (χ3v) is 5.94. The van der Waals surface area contributed by atoms with E-state index in [9.17, 15) is 0 Å². The van der Waals surface area contributed by atoms with Crippen LogP contribution in [0, 0.1) is 0 Å². The zero-order chi connectivity index (χ0) is 17.9. The molecule has 26 heavy (non-hydrogen) atoms. The Morgan fingerprint density at radius 3 is 2.73 bits per heavy atom. The van der Waals surface area contributed by atoms with E-state index in [1.165, 1.54) is 5.56 Å². The lowest BCUT2D eigenvalue weighted by Crippen LogP contribution is -2.46. The molecule has 1 unspecified atom stereocenters. The number of rotatable bonds is 5. The van der Waals surface area contributed by atoms with Gasteiger partial charge in [0.2, 0.25) is 11.7 Å². The molecule has 1 aromatic carbocycles. The molecule has 1 fully saturated rings. The molecular weight excluding hydrogens is 368 g/mol. The first-order chi connectivity index (χ1) is 12.7. The Balaban J connectivity index is 1.33. The second-order valence-corrected chi connectivity index (χ2v) is 7.72. The molecule has 0 radical (unpaired) electrons. The number of aromatic nitrogens is 2. The van der Waals surface area contributed by atoms with Gasteiger partial charge in [0.05, 0.1) is 6.54 Å². The summed E-state index contributed by atoms with van der Waals surface area (Å²) >= 11 is 7.99. The molecule has 7 heteroatoms. The molecule has 3 aromatic rings. The number of halogens is 1. The summed E-state index contributed by atoms with van der Waals surface area (Å²) in [5.41, 5.74) is 2.21. The number of nitrogens with zero attached hydrogens (tertiary/aromatic N) is 4. The van der Waals surface area contributed by atoms with Crippen LogP contribution in [-0.4, -0.2) is 46.1 Å². The molecule has 4 rings (SSSR count). The topological polar surface area (TPSA) is 45.4 Å². The minimum Gasteiger partial charge on any atom is -0.338 e. The Labute approximate surface area is 162 Å². The normalized spacial score (nSPS) is 17.5. The summed E-state index contributed by atoms with van der Waals surface area (Å²) in [6.07, 6.45) is 0. The van der Waals surface area contributed by atoms with Gasteiger partial charge < -0.3 is 4.52 Å². The van der Waals surface area contributed by atoms with E-state index in [2.05, 4.69) is 39.0 Å². The zero-order valence-corrected chi connectivity index (χ0v) is 16.2. The van der Waals surface area contributed by atoms with E-state index in [0.29, 0.717) is 24.3 Å². The summed E-state index contributed by atoms with van der Waals surface area (Å²) in [6, 6.07) is 10.4. The van der Waals surface area contributed by atoms with Gasteiger partial charge in [-0.3, -0.25) is 9.80 Å². The first-order valence-corrected chi connectivity index (χ1v) is 10.1. The van der Waals surface area contributed by atoms with Crippen LogP contribution in [0.2, 0.25) is 5.02 Å². The van der Waals surface area contributed by atoms with Crippen molar-refractivity contribution in [2.45, 2.75) is 19.5 Å². The number of benzene rings is 1. The molecule has 136 valence electrons. The molecule has 5 nitrogen and oxygen atoms in total. The van der Waals surface area contributed by atoms with Crippen molar-refractivity contribution in [2.24, 2.45) is 0 Å². The Bertz CT molecular complexity index is 843. The number of hydrogen-bond donors (Lipinski definition) is 0. The van der Waals surface area contributed by atoms with Crippen molar-refractivity contribution in [3.05, 3.63) is 57.6 Å². The Hall–Kier alpha value is -1.73. The average molecular weight is 389 g/mol. The zero-order valence-electron chi connectivity index (χ0n) is 14.6. The highest BCUT2D eigenvalue weighted by molar-refractivity contribution is 7.08. The van der Waals surface area contributed by atoms with Crippen LogP contribution in [0.5, 0.6) is 0 Å². The summed E-state index contributed by atoms with van der Waals surface area (Å²) in [5.74, 6) is 1.35. The predicted octanol–water partition coefficient (Wildman–Crippen LogP) is 4.33. The third kappa shape index (κ3) is 3.83. The van der Waals surface area contributed by atoms with Gasteiger partial charge in [0.1, 0.15) is 0 Å². The van der Waals surface area contributed by atoms with Crippen molar-refractivity contribution in [3.8, 4) is 11.4 Å². The standard InChI is InChI=1S/C19H21ClN4OS/c1-14(16-4-2-3-5-17(16)20)24-9-7-23(8-10-24)12-18-21-19(22-25-18)15-6-11-26-13-15/h2-6,11,13-14H,7-10,12H2,1H3. The number of hydrogen-bond acceptors (Lipinski definition) is 6. The van der Waals surface area contributed by atoms with Crippen molar-refractivity contribution < 1.29 is 4.52 Å². The number of thiophene rings is 1. The lowest BCUT2D eigenvalue weighted by atomic mass is 10.1. The second kappa shape index (κ2) is 7.88. The molecule has 0 N–H and O–H groups in total. The average Bonchev–Trinajstić information content (AvgIpc) is 3.34. The van der Waals surface area contributed by atoms with E-state index in [4.69, 9.17) is 16.1 Å². The van der Waals surface area contributed by atoms with Gasteiger partial charge in [-0.2, -0.15) is 16.3 Å². The van der Waals surface area contributed by atoms with Crippen molar-refractivity contribution in [2.75, 3.05) is 26.2 Å². The van der Waals surface area contributed by atoms with E-state index in [-0.39, 0.29) is 0 Å². The van der Waals surface area contributed by atoms with Crippen molar-refractivity contribution in [3.63, 3.8) is 0 Å². The Kier molecular flexibility index (Phi) is 5.36. The fourth-order valence-corrected chi connectivity index (χ4v) is 4.27. The molecular formula is C19H21ClN4OS. The highest BCUT2D eigenvalue weighted by Crippen LogP contribution is 2.28. The SMILES string of the molecule is CC(c1ccccc1Cl)N1CCN(Cc2nc(-c3ccsc3)no2)CC1. The van der Waals surface area contributed by atoms with Crippen molar-refractivity contribution >= 4 is 22.9 Å². The molecule has 3 heterocycles. The summed E-state index contributed by atoms with van der Waals surface area (Å²) in [6.45, 7) is 6.87. The maximum atomic E-state index is 6.35. The van der Waals surface area contributed by atoms with Crippen LogP contribution >= 0.6 is 22.9 Å². The van der Waals surface area contributed by atoms with Crippen LogP contribution in [-0.2, 0) is 6.54 Å². The van der Waals surface area contributed by atoms with E-state index in [0.717, 1.165) is 36.8 Å². The van der Waals surface area contributed by atoms with Crippen LogP contribution in [0.3, 0.4) is 0 Å². The van der Waals surface area contributed by atoms with Gasteiger partial charge in [-0.05, 0) is 30.0 Å². The lowest BCUT2D eigenvalue weighted by molar-refractivity contribution is 0.0905. The maximum absolute atomic E-state index is 6.35. The van der Waals surface area contributed by atoms with E-state index in [1.807, 2.05) is 29.0 Å². The molecule has 1 aliphatic rings. The minimum absolute atomic E-state index is 0.319. The monoisotopic (exact) mass is 388 g/mol. The molecule has 0 aliphatic carbocycles. The molecule has 1 atom stereocenters. The molecule has 0 spiro atoms. The predicted molar refractivity (Wildman–Crippen MR) is 104 cm³/mol. The molecule has 0 amide bonds. The summed E-state index contributed by atoms with van der Waals surface area (Å²) in [5, 5.41) is 8.98.